The fourth-order valence-electron chi connectivity index (χ4n) is 2.94. The highest BCUT2D eigenvalue weighted by molar-refractivity contribution is 7.14. The van der Waals surface area contributed by atoms with Crippen LogP contribution in [0.15, 0.2) is 41.8 Å². The van der Waals surface area contributed by atoms with Crippen molar-refractivity contribution in [3.8, 4) is 22.8 Å². The molecule has 0 radical (unpaired) electrons. The quantitative estimate of drug-likeness (QED) is 0.293. The van der Waals surface area contributed by atoms with Gasteiger partial charge in [0.05, 0.1) is 30.4 Å². The van der Waals surface area contributed by atoms with E-state index >= 15 is 0 Å². The normalized spacial score (nSPS) is 11.4. The standard InChI is InChI=1S/C22H21N3O7S/c1-12-18(30-3)9-15(10-19(12)31-4)21(27)32-13(2)20(26)24-22-23-17(11-33-22)14-6-5-7-16(8-14)25(28)29/h5-11,13H,1-4H3,(H,23,24,26). The van der Waals surface area contributed by atoms with Gasteiger partial charge in [0.25, 0.3) is 11.6 Å². The number of hydrogen-bond acceptors (Lipinski definition) is 9. The number of thiazole rings is 1. The van der Waals surface area contributed by atoms with Crippen molar-refractivity contribution in [3.63, 3.8) is 0 Å². The molecule has 0 saturated carbocycles. The van der Waals surface area contributed by atoms with Crippen molar-refractivity contribution in [3.05, 3.63) is 63.0 Å². The summed E-state index contributed by atoms with van der Waals surface area (Å²) in [5, 5.41) is 15.5. The summed E-state index contributed by atoms with van der Waals surface area (Å²) >= 11 is 1.14. The maximum Gasteiger partial charge on any atom is 0.339 e. The summed E-state index contributed by atoms with van der Waals surface area (Å²) in [6, 6.07) is 9.04. The van der Waals surface area contributed by atoms with E-state index in [9.17, 15) is 19.7 Å². The molecule has 3 rings (SSSR count). The van der Waals surface area contributed by atoms with Crippen LogP contribution < -0.4 is 14.8 Å². The second kappa shape index (κ2) is 10.1. The molecule has 0 saturated heterocycles. The van der Waals surface area contributed by atoms with E-state index in [2.05, 4.69) is 10.3 Å². The molecule has 172 valence electrons. The first-order chi connectivity index (χ1) is 15.7. The Balaban J connectivity index is 1.68. The van der Waals surface area contributed by atoms with Crippen molar-refractivity contribution in [2.45, 2.75) is 20.0 Å². The number of amides is 1. The number of methoxy groups -OCH3 is 2. The molecule has 1 heterocycles. The molecule has 3 aromatic rings. The fraction of sp³-hybridized carbons (Fsp3) is 0.227. The average Bonchev–Trinajstić information content (AvgIpc) is 3.27. The lowest BCUT2D eigenvalue weighted by Crippen LogP contribution is -2.30. The molecule has 33 heavy (non-hydrogen) atoms. The van der Waals surface area contributed by atoms with Crippen molar-refractivity contribution in [2.24, 2.45) is 0 Å². The highest BCUT2D eigenvalue weighted by atomic mass is 32.1. The van der Waals surface area contributed by atoms with Gasteiger partial charge >= 0.3 is 5.97 Å². The predicted octanol–water partition coefficient (Wildman–Crippen LogP) is 4.23. The minimum absolute atomic E-state index is 0.0593. The van der Waals surface area contributed by atoms with Crippen molar-refractivity contribution >= 4 is 34.0 Å². The highest BCUT2D eigenvalue weighted by Gasteiger charge is 2.22. The third kappa shape index (κ3) is 5.44. The summed E-state index contributed by atoms with van der Waals surface area (Å²) in [4.78, 5) is 39.8. The van der Waals surface area contributed by atoms with Gasteiger partial charge < -0.3 is 14.2 Å². The number of non-ortho nitro benzene ring substituents is 1. The van der Waals surface area contributed by atoms with Crippen molar-refractivity contribution < 1.29 is 28.7 Å². The van der Waals surface area contributed by atoms with Gasteiger partial charge in [0, 0.05) is 28.6 Å². The summed E-state index contributed by atoms with van der Waals surface area (Å²) in [5.74, 6) is -0.384. The summed E-state index contributed by atoms with van der Waals surface area (Å²) < 4.78 is 15.8. The molecule has 1 aromatic heterocycles. The SMILES string of the molecule is COc1cc(C(=O)OC(C)C(=O)Nc2nc(-c3cccc([N+](=O)[O-])c3)cs2)cc(OC)c1C. The largest absolute Gasteiger partial charge is 0.496 e. The minimum Gasteiger partial charge on any atom is -0.496 e. The first kappa shape index (κ1) is 23.7. The van der Waals surface area contributed by atoms with E-state index in [4.69, 9.17) is 14.2 Å². The number of nitrogens with zero attached hydrogens (tertiary/aromatic N) is 2. The van der Waals surface area contributed by atoms with Gasteiger partial charge in [-0.15, -0.1) is 11.3 Å². The molecule has 1 unspecified atom stereocenters. The molecular weight excluding hydrogens is 450 g/mol. The Morgan fingerprint density at radius 3 is 2.42 bits per heavy atom. The zero-order chi connectivity index (χ0) is 24.1. The van der Waals surface area contributed by atoms with E-state index in [0.717, 1.165) is 16.9 Å². The number of aromatic nitrogens is 1. The van der Waals surface area contributed by atoms with E-state index in [0.29, 0.717) is 22.8 Å². The van der Waals surface area contributed by atoms with Crippen LogP contribution >= 0.6 is 11.3 Å². The molecule has 1 amide bonds. The smallest absolute Gasteiger partial charge is 0.339 e. The summed E-state index contributed by atoms with van der Waals surface area (Å²) in [6.07, 6.45) is -1.11. The molecule has 0 aliphatic heterocycles. The number of carbonyl (C=O) groups is 2. The number of benzene rings is 2. The van der Waals surface area contributed by atoms with Crippen LogP contribution in [-0.2, 0) is 9.53 Å². The Bertz CT molecular complexity index is 1180. The number of hydrogen-bond donors (Lipinski definition) is 1. The van der Waals surface area contributed by atoms with Crippen LogP contribution in [0.3, 0.4) is 0 Å². The molecule has 2 aromatic carbocycles. The Kier molecular flexibility index (Phi) is 7.23. The van der Waals surface area contributed by atoms with Gasteiger partial charge in [-0.1, -0.05) is 12.1 Å². The van der Waals surface area contributed by atoms with Crippen LogP contribution in [0.1, 0.15) is 22.8 Å². The van der Waals surface area contributed by atoms with Crippen LogP contribution in [0.4, 0.5) is 10.8 Å². The Morgan fingerprint density at radius 1 is 1.15 bits per heavy atom. The molecule has 11 heteroatoms. The maximum absolute atomic E-state index is 12.6. The first-order valence-corrected chi connectivity index (χ1v) is 10.6. The lowest BCUT2D eigenvalue weighted by atomic mass is 10.1. The van der Waals surface area contributed by atoms with Crippen LogP contribution in [-0.4, -0.2) is 42.1 Å². The summed E-state index contributed by atoms with van der Waals surface area (Å²) in [6.45, 7) is 3.23. The molecule has 0 spiro atoms. The van der Waals surface area contributed by atoms with Gasteiger partial charge in [-0.2, -0.15) is 0 Å². The summed E-state index contributed by atoms with van der Waals surface area (Å²) in [5.41, 5.74) is 1.86. The maximum atomic E-state index is 12.6. The van der Waals surface area contributed by atoms with E-state index < -0.39 is 22.9 Å². The number of nitro groups is 1. The first-order valence-electron chi connectivity index (χ1n) is 9.68. The van der Waals surface area contributed by atoms with Gasteiger partial charge in [-0.05, 0) is 26.0 Å². The van der Waals surface area contributed by atoms with Crippen molar-refractivity contribution in [2.75, 3.05) is 19.5 Å². The van der Waals surface area contributed by atoms with Gasteiger partial charge in [0.2, 0.25) is 0 Å². The van der Waals surface area contributed by atoms with Crippen LogP contribution in [0.25, 0.3) is 11.3 Å². The third-order valence-electron chi connectivity index (χ3n) is 4.73. The van der Waals surface area contributed by atoms with Crippen molar-refractivity contribution in [1.82, 2.24) is 4.98 Å². The van der Waals surface area contributed by atoms with Crippen molar-refractivity contribution in [1.29, 1.82) is 0 Å². The zero-order valence-electron chi connectivity index (χ0n) is 18.3. The van der Waals surface area contributed by atoms with Gasteiger partial charge in [-0.3, -0.25) is 20.2 Å². The molecular formula is C22H21N3O7S. The third-order valence-corrected chi connectivity index (χ3v) is 5.49. The number of anilines is 1. The number of nitro benzene ring substituents is 1. The second-order valence-electron chi connectivity index (χ2n) is 6.89. The van der Waals surface area contributed by atoms with E-state index in [1.54, 1.807) is 24.4 Å². The molecule has 0 fully saturated rings. The van der Waals surface area contributed by atoms with Crippen LogP contribution in [0.5, 0.6) is 11.5 Å². The molecule has 0 aliphatic rings. The fourth-order valence-corrected chi connectivity index (χ4v) is 3.66. The lowest BCUT2D eigenvalue weighted by molar-refractivity contribution is -0.384. The minimum atomic E-state index is -1.11. The molecule has 0 bridgehead atoms. The average molecular weight is 471 g/mol. The van der Waals surface area contributed by atoms with Crippen LogP contribution in [0, 0.1) is 17.0 Å². The number of esters is 1. The monoisotopic (exact) mass is 471 g/mol. The van der Waals surface area contributed by atoms with E-state index in [1.165, 1.54) is 45.4 Å². The second-order valence-corrected chi connectivity index (χ2v) is 7.75. The number of rotatable bonds is 8. The highest BCUT2D eigenvalue weighted by Crippen LogP contribution is 2.30. The number of ether oxygens (including phenoxy) is 3. The number of nitrogens with one attached hydrogen (secondary N) is 1. The molecule has 1 atom stereocenters. The van der Waals surface area contributed by atoms with Gasteiger partial charge in [0.1, 0.15) is 11.5 Å². The number of carbonyl (C=O) groups excluding carboxylic acids is 2. The van der Waals surface area contributed by atoms with Gasteiger partial charge in [0.15, 0.2) is 11.2 Å². The molecule has 0 aliphatic carbocycles. The van der Waals surface area contributed by atoms with Crippen LogP contribution in [0.2, 0.25) is 0 Å². The lowest BCUT2D eigenvalue weighted by Gasteiger charge is -2.15. The predicted molar refractivity (Wildman–Crippen MR) is 122 cm³/mol. The molecule has 1 N–H and O–H groups in total. The van der Waals surface area contributed by atoms with E-state index in [-0.39, 0.29) is 16.4 Å². The van der Waals surface area contributed by atoms with Gasteiger partial charge in [-0.25, -0.2) is 9.78 Å². The topological polar surface area (TPSA) is 130 Å². The molecule has 10 nitrogen and oxygen atoms in total. The Morgan fingerprint density at radius 2 is 1.82 bits per heavy atom. The van der Waals surface area contributed by atoms with E-state index in [1.807, 2.05) is 0 Å². The summed E-state index contributed by atoms with van der Waals surface area (Å²) in [7, 11) is 2.95. The Labute approximate surface area is 193 Å². The Hall–Kier alpha value is -3.99. The zero-order valence-corrected chi connectivity index (χ0v) is 19.1.